The highest BCUT2D eigenvalue weighted by Gasteiger charge is 2.14. The normalized spacial score (nSPS) is 11.3. The Kier molecular flexibility index (Phi) is 5.46. The lowest BCUT2D eigenvalue weighted by Crippen LogP contribution is -2.26. The van der Waals surface area contributed by atoms with E-state index in [0.717, 1.165) is 6.26 Å². The van der Waals surface area contributed by atoms with Gasteiger partial charge in [-0.1, -0.05) is 6.07 Å². The standard InChI is InChI=1S/C12H17NO5S/c1-9-4-5-10(19(3,15)16)8-11(9)12(14)13-18-7-6-17-2/h4-5,8H,6-7H2,1-3H3,(H,13,14). The van der Waals surface area contributed by atoms with Crippen molar-refractivity contribution in [1.29, 1.82) is 0 Å². The van der Waals surface area contributed by atoms with Crippen molar-refractivity contribution in [3.8, 4) is 0 Å². The van der Waals surface area contributed by atoms with Gasteiger partial charge in [0, 0.05) is 18.9 Å². The van der Waals surface area contributed by atoms with Crippen molar-refractivity contribution in [2.24, 2.45) is 0 Å². The third kappa shape index (κ3) is 4.62. The zero-order valence-corrected chi connectivity index (χ0v) is 11.9. The third-order valence-corrected chi connectivity index (χ3v) is 3.55. The number of nitrogens with one attached hydrogen (secondary N) is 1. The second-order valence-corrected chi connectivity index (χ2v) is 6.04. The van der Waals surface area contributed by atoms with Crippen LogP contribution in [0.5, 0.6) is 0 Å². The average Bonchev–Trinajstić information content (AvgIpc) is 2.33. The number of aryl methyl sites for hydroxylation is 1. The van der Waals surface area contributed by atoms with Gasteiger partial charge in [-0.05, 0) is 24.6 Å². The van der Waals surface area contributed by atoms with Gasteiger partial charge in [-0.2, -0.15) is 0 Å². The van der Waals surface area contributed by atoms with E-state index in [1.165, 1.54) is 19.2 Å². The number of benzene rings is 1. The van der Waals surface area contributed by atoms with Gasteiger partial charge in [-0.15, -0.1) is 0 Å². The molecule has 0 unspecified atom stereocenters. The van der Waals surface area contributed by atoms with E-state index in [1.54, 1.807) is 13.0 Å². The van der Waals surface area contributed by atoms with E-state index in [0.29, 0.717) is 12.2 Å². The molecule has 0 atom stereocenters. The molecule has 0 saturated carbocycles. The smallest absolute Gasteiger partial charge is 0.275 e. The van der Waals surface area contributed by atoms with Crippen LogP contribution in [-0.2, 0) is 19.4 Å². The highest BCUT2D eigenvalue weighted by atomic mass is 32.2. The van der Waals surface area contributed by atoms with Crippen molar-refractivity contribution >= 4 is 15.7 Å². The summed E-state index contributed by atoms with van der Waals surface area (Å²) in [6.45, 7) is 2.28. The molecule has 0 aliphatic carbocycles. The van der Waals surface area contributed by atoms with E-state index < -0.39 is 15.7 Å². The predicted octanol–water partition coefficient (Wildman–Crippen LogP) is 0.706. The van der Waals surface area contributed by atoms with Crippen LogP contribution < -0.4 is 5.48 Å². The van der Waals surface area contributed by atoms with Gasteiger partial charge in [0.2, 0.25) is 0 Å². The summed E-state index contributed by atoms with van der Waals surface area (Å²) >= 11 is 0. The van der Waals surface area contributed by atoms with Crippen LogP contribution in [0.15, 0.2) is 23.1 Å². The fraction of sp³-hybridized carbons (Fsp3) is 0.417. The minimum absolute atomic E-state index is 0.0974. The van der Waals surface area contributed by atoms with Crippen LogP contribution in [0, 0.1) is 6.92 Å². The summed E-state index contributed by atoms with van der Waals surface area (Å²) in [5.41, 5.74) is 3.17. The van der Waals surface area contributed by atoms with Crippen LogP contribution in [0.4, 0.5) is 0 Å². The second-order valence-electron chi connectivity index (χ2n) is 4.02. The Morgan fingerprint density at radius 1 is 1.32 bits per heavy atom. The van der Waals surface area contributed by atoms with Crippen LogP contribution in [0.3, 0.4) is 0 Å². The molecule has 19 heavy (non-hydrogen) atoms. The number of hydrogen-bond acceptors (Lipinski definition) is 5. The summed E-state index contributed by atoms with van der Waals surface area (Å²) in [6.07, 6.45) is 1.09. The van der Waals surface area contributed by atoms with Crippen molar-refractivity contribution < 1.29 is 22.8 Å². The van der Waals surface area contributed by atoms with Crippen molar-refractivity contribution in [3.05, 3.63) is 29.3 Å². The summed E-state index contributed by atoms with van der Waals surface area (Å²) in [6, 6.07) is 4.38. The lowest BCUT2D eigenvalue weighted by atomic mass is 10.1. The number of ether oxygens (including phenoxy) is 1. The number of rotatable bonds is 6. The summed E-state index contributed by atoms with van der Waals surface area (Å²) < 4.78 is 27.6. The fourth-order valence-electron chi connectivity index (χ4n) is 1.37. The third-order valence-electron chi connectivity index (χ3n) is 2.44. The Bertz CT molecular complexity index is 553. The molecule has 1 aromatic carbocycles. The minimum Gasteiger partial charge on any atom is -0.382 e. The van der Waals surface area contributed by atoms with E-state index in [-0.39, 0.29) is 17.1 Å². The Morgan fingerprint density at radius 2 is 2.00 bits per heavy atom. The maximum Gasteiger partial charge on any atom is 0.275 e. The average molecular weight is 287 g/mol. The monoisotopic (exact) mass is 287 g/mol. The zero-order chi connectivity index (χ0) is 14.5. The van der Waals surface area contributed by atoms with E-state index >= 15 is 0 Å². The molecule has 6 nitrogen and oxygen atoms in total. The summed E-state index contributed by atoms with van der Waals surface area (Å²) in [5.74, 6) is -0.487. The van der Waals surface area contributed by atoms with E-state index in [4.69, 9.17) is 9.57 Å². The molecular formula is C12H17NO5S. The molecule has 1 aromatic rings. The second kappa shape index (κ2) is 6.65. The van der Waals surface area contributed by atoms with Crippen LogP contribution in [-0.4, -0.2) is 40.9 Å². The molecule has 0 aromatic heterocycles. The molecule has 1 amide bonds. The Morgan fingerprint density at radius 3 is 2.58 bits per heavy atom. The van der Waals surface area contributed by atoms with Gasteiger partial charge in [0.25, 0.3) is 5.91 Å². The van der Waals surface area contributed by atoms with Gasteiger partial charge in [-0.3, -0.25) is 9.63 Å². The van der Waals surface area contributed by atoms with Crippen molar-refractivity contribution in [2.75, 3.05) is 26.6 Å². The first-order valence-corrected chi connectivity index (χ1v) is 7.47. The number of methoxy groups -OCH3 is 1. The predicted molar refractivity (Wildman–Crippen MR) is 69.6 cm³/mol. The largest absolute Gasteiger partial charge is 0.382 e. The van der Waals surface area contributed by atoms with Crippen molar-refractivity contribution in [1.82, 2.24) is 5.48 Å². The van der Waals surface area contributed by atoms with E-state index in [9.17, 15) is 13.2 Å². The topological polar surface area (TPSA) is 81.7 Å². The summed E-state index contributed by atoms with van der Waals surface area (Å²) in [7, 11) is -1.83. The Labute approximate surface area is 112 Å². The van der Waals surface area contributed by atoms with E-state index in [1.807, 2.05) is 0 Å². The quantitative estimate of drug-likeness (QED) is 0.615. The molecule has 106 valence electrons. The van der Waals surface area contributed by atoms with Crippen molar-refractivity contribution in [3.63, 3.8) is 0 Å². The number of hydrogen-bond donors (Lipinski definition) is 1. The highest BCUT2D eigenvalue weighted by molar-refractivity contribution is 7.90. The molecule has 0 radical (unpaired) electrons. The Balaban J connectivity index is 2.84. The SMILES string of the molecule is COCCONC(=O)c1cc(S(C)(=O)=O)ccc1C. The maximum atomic E-state index is 11.8. The molecule has 1 N–H and O–H groups in total. The number of amides is 1. The molecule has 0 heterocycles. The summed E-state index contributed by atoms with van der Waals surface area (Å²) in [5, 5.41) is 0. The van der Waals surface area contributed by atoms with Gasteiger partial charge in [-0.25, -0.2) is 13.9 Å². The lowest BCUT2D eigenvalue weighted by molar-refractivity contribution is 0.00883. The van der Waals surface area contributed by atoms with Crippen LogP contribution in [0.25, 0.3) is 0 Å². The molecular weight excluding hydrogens is 270 g/mol. The van der Waals surface area contributed by atoms with Crippen LogP contribution >= 0.6 is 0 Å². The molecule has 1 rings (SSSR count). The number of sulfone groups is 1. The first-order valence-electron chi connectivity index (χ1n) is 5.58. The molecule has 0 bridgehead atoms. The molecule has 0 fully saturated rings. The number of carbonyl (C=O) groups excluding carboxylic acids is 1. The molecule has 0 aliphatic rings. The summed E-state index contributed by atoms with van der Waals surface area (Å²) in [4.78, 5) is 16.8. The van der Waals surface area contributed by atoms with Gasteiger partial charge in [0.05, 0.1) is 18.1 Å². The van der Waals surface area contributed by atoms with Crippen molar-refractivity contribution in [2.45, 2.75) is 11.8 Å². The molecule has 0 saturated heterocycles. The number of carbonyl (C=O) groups is 1. The molecule has 7 heteroatoms. The maximum absolute atomic E-state index is 11.8. The zero-order valence-electron chi connectivity index (χ0n) is 11.1. The minimum atomic E-state index is -3.35. The lowest BCUT2D eigenvalue weighted by Gasteiger charge is -2.09. The highest BCUT2D eigenvalue weighted by Crippen LogP contribution is 2.15. The fourth-order valence-corrected chi connectivity index (χ4v) is 2.02. The molecule has 0 spiro atoms. The van der Waals surface area contributed by atoms with Crippen LogP contribution in [0.2, 0.25) is 0 Å². The first-order chi connectivity index (χ1) is 8.86. The first kappa shape index (κ1) is 15.6. The van der Waals surface area contributed by atoms with Gasteiger partial charge in [0.1, 0.15) is 0 Å². The van der Waals surface area contributed by atoms with Gasteiger partial charge in [0.15, 0.2) is 9.84 Å². The van der Waals surface area contributed by atoms with E-state index in [2.05, 4.69) is 5.48 Å². The molecule has 0 aliphatic heterocycles. The Hall–Kier alpha value is -1.44. The van der Waals surface area contributed by atoms with Gasteiger partial charge < -0.3 is 4.74 Å². The van der Waals surface area contributed by atoms with Crippen LogP contribution in [0.1, 0.15) is 15.9 Å². The van der Waals surface area contributed by atoms with Gasteiger partial charge >= 0.3 is 0 Å². The number of hydroxylamine groups is 1.